The van der Waals surface area contributed by atoms with Crippen LogP contribution in [0.15, 0.2) is 42.4 Å². The molecule has 0 spiro atoms. The predicted octanol–water partition coefficient (Wildman–Crippen LogP) is 3.78. The van der Waals surface area contributed by atoms with E-state index in [1.807, 2.05) is 43.3 Å². The van der Waals surface area contributed by atoms with Crippen molar-refractivity contribution >= 4 is 8.32 Å². The molecule has 1 rings (SSSR count). The molecule has 0 aliphatic rings. The Morgan fingerprint density at radius 1 is 1.13 bits per heavy atom. The van der Waals surface area contributed by atoms with Gasteiger partial charge in [-0.1, -0.05) is 18.2 Å². The molecule has 0 saturated heterocycles. The summed E-state index contributed by atoms with van der Waals surface area (Å²) in [6.07, 6.45) is 1.85. The van der Waals surface area contributed by atoms with Gasteiger partial charge in [0, 0.05) is 0 Å². The summed E-state index contributed by atoms with van der Waals surface area (Å²) >= 11 is 0. The number of allylic oxidation sites excluding steroid dienone is 1. The fourth-order valence-electron chi connectivity index (χ4n) is 1.05. The van der Waals surface area contributed by atoms with Crippen molar-refractivity contribution in [1.82, 2.24) is 0 Å². The van der Waals surface area contributed by atoms with Gasteiger partial charge in [-0.3, -0.25) is 0 Å². The van der Waals surface area contributed by atoms with Crippen LogP contribution in [0.1, 0.15) is 6.92 Å². The largest absolute Gasteiger partial charge is 0.520 e. The molecule has 0 radical (unpaired) electrons. The van der Waals surface area contributed by atoms with Gasteiger partial charge in [0.05, 0.1) is 0 Å². The Labute approximate surface area is 92.7 Å². The van der Waals surface area contributed by atoms with Crippen LogP contribution in [0.2, 0.25) is 19.6 Å². The molecule has 1 aromatic rings. The molecule has 0 saturated carbocycles. The lowest BCUT2D eigenvalue weighted by atomic mass is 10.3. The summed E-state index contributed by atoms with van der Waals surface area (Å²) in [5, 5.41) is 0. The first-order chi connectivity index (χ1) is 7.01. The van der Waals surface area contributed by atoms with Gasteiger partial charge in [0.1, 0.15) is 5.75 Å². The van der Waals surface area contributed by atoms with E-state index in [0.717, 1.165) is 5.75 Å². The number of rotatable bonds is 4. The van der Waals surface area contributed by atoms with Crippen molar-refractivity contribution in [3.8, 4) is 5.75 Å². The smallest absolute Gasteiger partial charge is 0.266 e. The Kier molecular flexibility index (Phi) is 3.97. The first kappa shape index (κ1) is 11.8. The Morgan fingerprint density at radius 3 is 2.20 bits per heavy atom. The fraction of sp³-hybridized carbons (Fsp3) is 0.333. The third-order valence-electron chi connectivity index (χ3n) is 1.60. The van der Waals surface area contributed by atoms with Crippen molar-refractivity contribution in [2.75, 3.05) is 0 Å². The standard InChI is InChI=1S/C12H18O2Si/c1-5-12(14-15(2,3)4)13-11-9-7-6-8-10-11/h5-10H,1-4H3/b12-5+. The SMILES string of the molecule is C/C=C(\Oc1ccccc1)O[Si](C)(C)C. The van der Waals surface area contributed by atoms with E-state index in [0.29, 0.717) is 5.95 Å². The molecule has 0 heterocycles. The second-order valence-electron chi connectivity index (χ2n) is 4.24. The Bertz CT molecular complexity index is 325. The van der Waals surface area contributed by atoms with E-state index in [-0.39, 0.29) is 0 Å². The molecular weight excluding hydrogens is 204 g/mol. The minimum absolute atomic E-state index is 0.598. The number of hydrogen-bond acceptors (Lipinski definition) is 2. The molecule has 82 valence electrons. The summed E-state index contributed by atoms with van der Waals surface area (Å²) in [6.45, 7) is 8.30. The topological polar surface area (TPSA) is 18.5 Å². The molecule has 2 nitrogen and oxygen atoms in total. The summed E-state index contributed by atoms with van der Waals surface area (Å²) in [6, 6.07) is 9.67. The highest BCUT2D eigenvalue weighted by Crippen LogP contribution is 2.16. The molecular formula is C12H18O2Si. The molecule has 0 unspecified atom stereocenters. The summed E-state index contributed by atoms with van der Waals surface area (Å²) < 4.78 is 11.4. The molecule has 0 atom stereocenters. The van der Waals surface area contributed by atoms with Crippen LogP contribution >= 0.6 is 0 Å². The zero-order chi connectivity index (χ0) is 11.3. The van der Waals surface area contributed by atoms with Crippen LogP contribution in [0.25, 0.3) is 0 Å². The van der Waals surface area contributed by atoms with E-state index in [1.165, 1.54) is 0 Å². The highest BCUT2D eigenvalue weighted by molar-refractivity contribution is 6.70. The third-order valence-corrected chi connectivity index (χ3v) is 2.42. The predicted molar refractivity (Wildman–Crippen MR) is 65.3 cm³/mol. The van der Waals surface area contributed by atoms with Crippen molar-refractivity contribution in [2.24, 2.45) is 0 Å². The van der Waals surface area contributed by atoms with Crippen LogP contribution in [-0.4, -0.2) is 8.32 Å². The summed E-state index contributed by atoms with van der Waals surface area (Å²) in [4.78, 5) is 0. The van der Waals surface area contributed by atoms with Gasteiger partial charge in [0.2, 0.25) is 8.32 Å². The average Bonchev–Trinajstić information content (AvgIpc) is 2.16. The van der Waals surface area contributed by atoms with Gasteiger partial charge in [-0.25, -0.2) is 0 Å². The van der Waals surface area contributed by atoms with E-state index in [2.05, 4.69) is 19.6 Å². The quantitative estimate of drug-likeness (QED) is 0.570. The van der Waals surface area contributed by atoms with Crippen molar-refractivity contribution in [3.05, 3.63) is 42.4 Å². The molecule has 0 amide bonds. The first-order valence-corrected chi connectivity index (χ1v) is 8.50. The lowest BCUT2D eigenvalue weighted by Gasteiger charge is -2.21. The highest BCUT2D eigenvalue weighted by Gasteiger charge is 2.18. The lowest BCUT2D eigenvalue weighted by molar-refractivity contribution is 0.220. The van der Waals surface area contributed by atoms with Gasteiger partial charge < -0.3 is 9.16 Å². The third kappa shape index (κ3) is 4.70. The van der Waals surface area contributed by atoms with Crippen LogP contribution in [0.3, 0.4) is 0 Å². The second-order valence-corrected chi connectivity index (χ2v) is 8.67. The van der Waals surface area contributed by atoms with Crippen LogP contribution in [-0.2, 0) is 4.43 Å². The molecule has 3 heteroatoms. The molecule has 0 N–H and O–H groups in total. The fourth-order valence-corrected chi connectivity index (χ4v) is 1.81. The van der Waals surface area contributed by atoms with Gasteiger partial charge in [0.25, 0.3) is 5.95 Å². The van der Waals surface area contributed by atoms with E-state index >= 15 is 0 Å². The van der Waals surface area contributed by atoms with Crippen LogP contribution in [0, 0.1) is 0 Å². The van der Waals surface area contributed by atoms with Gasteiger partial charge in [0.15, 0.2) is 0 Å². The first-order valence-electron chi connectivity index (χ1n) is 5.09. The molecule has 1 aromatic carbocycles. The maximum absolute atomic E-state index is 5.77. The van der Waals surface area contributed by atoms with Crippen LogP contribution in [0.4, 0.5) is 0 Å². The number of hydrogen-bond donors (Lipinski definition) is 0. The molecule has 0 aromatic heterocycles. The van der Waals surface area contributed by atoms with Crippen molar-refractivity contribution in [3.63, 3.8) is 0 Å². The monoisotopic (exact) mass is 222 g/mol. The number of para-hydroxylation sites is 1. The van der Waals surface area contributed by atoms with E-state index < -0.39 is 8.32 Å². The summed E-state index contributed by atoms with van der Waals surface area (Å²) in [7, 11) is -1.59. The van der Waals surface area contributed by atoms with Gasteiger partial charge in [-0.05, 0) is 44.8 Å². The number of ether oxygens (including phenoxy) is 1. The summed E-state index contributed by atoms with van der Waals surface area (Å²) in [5.41, 5.74) is 0. The minimum atomic E-state index is -1.59. The van der Waals surface area contributed by atoms with Crippen LogP contribution < -0.4 is 4.74 Å². The van der Waals surface area contributed by atoms with Crippen LogP contribution in [0.5, 0.6) is 5.75 Å². The highest BCUT2D eigenvalue weighted by atomic mass is 28.4. The van der Waals surface area contributed by atoms with E-state index in [4.69, 9.17) is 9.16 Å². The van der Waals surface area contributed by atoms with E-state index in [1.54, 1.807) is 0 Å². The van der Waals surface area contributed by atoms with Crippen molar-refractivity contribution < 1.29 is 9.16 Å². The second kappa shape index (κ2) is 5.03. The maximum Gasteiger partial charge on any atom is 0.266 e. The lowest BCUT2D eigenvalue weighted by Crippen LogP contribution is -2.26. The minimum Gasteiger partial charge on any atom is -0.520 e. The number of benzene rings is 1. The Balaban J connectivity index is 2.64. The molecule has 15 heavy (non-hydrogen) atoms. The molecule has 0 aliphatic carbocycles. The zero-order valence-electron chi connectivity index (χ0n) is 9.78. The Hall–Kier alpha value is -1.22. The molecule has 0 aliphatic heterocycles. The normalized spacial score (nSPS) is 12.4. The van der Waals surface area contributed by atoms with Gasteiger partial charge in [-0.2, -0.15) is 0 Å². The van der Waals surface area contributed by atoms with Crippen molar-refractivity contribution in [2.45, 2.75) is 26.6 Å². The summed E-state index contributed by atoms with van der Waals surface area (Å²) in [5.74, 6) is 1.41. The average molecular weight is 222 g/mol. The molecule has 0 bridgehead atoms. The zero-order valence-corrected chi connectivity index (χ0v) is 10.8. The van der Waals surface area contributed by atoms with E-state index in [9.17, 15) is 0 Å². The van der Waals surface area contributed by atoms with Gasteiger partial charge >= 0.3 is 0 Å². The van der Waals surface area contributed by atoms with Crippen molar-refractivity contribution in [1.29, 1.82) is 0 Å². The molecule has 0 fully saturated rings. The maximum atomic E-state index is 5.77. The Morgan fingerprint density at radius 2 is 1.73 bits per heavy atom. The van der Waals surface area contributed by atoms with Gasteiger partial charge in [-0.15, -0.1) is 0 Å².